The van der Waals surface area contributed by atoms with Crippen LogP contribution in [0.15, 0.2) is 42.5 Å². The Balaban J connectivity index is 2.14. The summed E-state index contributed by atoms with van der Waals surface area (Å²) in [6, 6.07) is 12.4. The number of esters is 1. The van der Waals surface area contributed by atoms with Gasteiger partial charge in [-0.15, -0.1) is 0 Å². The second-order valence-electron chi connectivity index (χ2n) is 4.75. The van der Waals surface area contributed by atoms with Crippen molar-refractivity contribution in [2.24, 2.45) is 0 Å². The van der Waals surface area contributed by atoms with Gasteiger partial charge in [-0.3, -0.25) is 4.79 Å². The van der Waals surface area contributed by atoms with Crippen molar-refractivity contribution in [1.29, 1.82) is 0 Å². The molecule has 0 saturated heterocycles. The molecular formula is C17H15ClO3. The number of ether oxygens (including phenoxy) is 1. The number of carbonyl (C=O) groups excluding carboxylic acids is 2. The minimum atomic E-state index is -0.514. The van der Waals surface area contributed by atoms with Crippen molar-refractivity contribution in [3.63, 3.8) is 0 Å². The first-order valence-electron chi connectivity index (χ1n) is 6.51. The molecule has 0 spiro atoms. The number of aryl methyl sites for hydroxylation is 1. The van der Waals surface area contributed by atoms with Gasteiger partial charge in [0.1, 0.15) is 6.61 Å². The zero-order valence-electron chi connectivity index (χ0n) is 11.9. The van der Waals surface area contributed by atoms with Crippen LogP contribution >= 0.6 is 11.6 Å². The minimum absolute atomic E-state index is 0.108. The van der Waals surface area contributed by atoms with E-state index in [-0.39, 0.29) is 12.6 Å². The highest BCUT2D eigenvalue weighted by molar-refractivity contribution is 6.67. The molecule has 0 atom stereocenters. The molecule has 0 aromatic heterocycles. The summed E-state index contributed by atoms with van der Waals surface area (Å²) in [6.45, 7) is 3.75. The van der Waals surface area contributed by atoms with Gasteiger partial charge in [-0.05, 0) is 54.3 Å². The Labute approximate surface area is 128 Å². The maximum absolute atomic E-state index is 12.1. The summed E-state index contributed by atoms with van der Waals surface area (Å²) in [4.78, 5) is 23.3. The van der Waals surface area contributed by atoms with E-state index in [1.165, 1.54) is 0 Å². The summed E-state index contributed by atoms with van der Waals surface area (Å²) in [5, 5.41) is -0.514. The molecule has 0 aliphatic rings. The standard InChI is InChI=1S/C17H15ClO3/c1-11-6-3-4-8-14(11)17(20)21-10-13-7-5-9-15(12(13)2)16(18)19/h3-9H,10H2,1-2H3. The lowest BCUT2D eigenvalue weighted by Gasteiger charge is -2.10. The van der Waals surface area contributed by atoms with Gasteiger partial charge in [0.15, 0.2) is 0 Å². The van der Waals surface area contributed by atoms with Crippen LogP contribution in [0.4, 0.5) is 0 Å². The Morgan fingerprint density at radius 1 is 1.00 bits per heavy atom. The van der Waals surface area contributed by atoms with Crippen molar-refractivity contribution in [3.05, 3.63) is 70.3 Å². The van der Waals surface area contributed by atoms with Gasteiger partial charge in [-0.2, -0.15) is 0 Å². The van der Waals surface area contributed by atoms with E-state index in [4.69, 9.17) is 16.3 Å². The highest BCUT2D eigenvalue weighted by Crippen LogP contribution is 2.18. The van der Waals surface area contributed by atoms with Gasteiger partial charge in [-0.1, -0.05) is 30.3 Å². The van der Waals surface area contributed by atoms with E-state index in [0.29, 0.717) is 11.1 Å². The average Bonchev–Trinajstić information content (AvgIpc) is 2.46. The molecule has 21 heavy (non-hydrogen) atoms. The Bertz CT molecular complexity index is 692. The molecule has 2 aromatic carbocycles. The number of carbonyl (C=O) groups is 2. The minimum Gasteiger partial charge on any atom is -0.457 e. The first-order chi connectivity index (χ1) is 10.0. The van der Waals surface area contributed by atoms with Crippen LogP contribution in [0.25, 0.3) is 0 Å². The number of rotatable bonds is 4. The zero-order chi connectivity index (χ0) is 15.4. The molecule has 2 rings (SSSR count). The summed E-state index contributed by atoms with van der Waals surface area (Å²) >= 11 is 5.51. The molecule has 0 radical (unpaired) electrons. The molecule has 0 bridgehead atoms. The summed E-state index contributed by atoms with van der Waals surface area (Å²) < 4.78 is 5.32. The van der Waals surface area contributed by atoms with Gasteiger partial charge in [0, 0.05) is 5.56 Å². The maximum atomic E-state index is 12.1. The number of benzene rings is 2. The summed E-state index contributed by atoms with van der Waals surface area (Å²) in [5.74, 6) is -0.380. The Morgan fingerprint density at radius 3 is 2.33 bits per heavy atom. The maximum Gasteiger partial charge on any atom is 0.338 e. The van der Waals surface area contributed by atoms with Gasteiger partial charge in [-0.25, -0.2) is 4.79 Å². The van der Waals surface area contributed by atoms with E-state index < -0.39 is 5.24 Å². The van der Waals surface area contributed by atoms with E-state index in [1.807, 2.05) is 25.1 Å². The SMILES string of the molecule is Cc1ccccc1C(=O)OCc1cccc(C(=O)Cl)c1C. The highest BCUT2D eigenvalue weighted by atomic mass is 35.5. The molecule has 0 fully saturated rings. The fraction of sp³-hybridized carbons (Fsp3) is 0.176. The smallest absolute Gasteiger partial charge is 0.338 e. The Kier molecular flexibility index (Phi) is 4.76. The predicted molar refractivity (Wildman–Crippen MR) is 81.7 cm³/mol. The van der Waals surface area contributed by atoms with Crippen LogP contribution in [0.5, 0.6) is 0 Å². The van der Waals surface area contributed by atoms with Crippen molar-refractivity contribution in [3.8, 4) is 0 Å². The molecular weight excluding hydrogens is 288 g/mol. The number of hydrogen-bond acceptors (Lipinski definition) is 3. The largest absolute Gasteiger partial charge is 0.457 e. The molecule has 0 aliphatic heterocycles. The Morgan fingerprint density at radius 2 is 1.67 bits per heavy atom. The third-order valence-electron chi connectivity index (χ3n) is 3.38. The van der Waals surface area contributed by atoms with Crippen LogP contribution < -0.4 is 0 Å². The second kappa shape index (κ2) is 6.55. The molecule has 0 amide bonds. The van der Waals surface area contributed by atoms with Crippen LogP contribution in [0, 0.1) is 13.8 Å². The van der Waals surface area contributed by atoms with Crippen LogP contribution in [0.2, 0.25) is 0 Å². The van der Waals surface area contributed by atoms with E-state index in [1.54, 1.807) is 31.2 Å². The van der Waals surface area contributed by atoms with Crippen LogP contribution in [0.1, 0.15) is 37.4 Å². The summed E-state index contributed by atoms with van der Waals surface area (Å²) in [6.07, 6.45) is 0. The van der Waals surface area contributed by atoms with Gasteiger partial charge >= 0.3 is 5.97 Å². The first kappa shape index (κ1) is 15.3. The average molecular weight is 303 g/mol. The third kappa shape index (κ3) is 3.50. The lowest BCUT2D eigenvalue weighted by Crippen LogP contribution is -2.08. The van der Waals surface area contributed by atoms with Crippen LogP contribution in [0.3, 0.4) is 0 Å². The Hall–Kier alpha value is -2.13. The van der Waals surface area contributed by atoms with Crippen molar-refractivity contribution in [1.82, 2.24) is 0 Å². The van der Waals surface area contributed by atoms with Gasteiger partial charge in [0.2, 0.25) is 0 Å². The van der Waals surface area contributed by atoms with Crippen LogP contribution in [-0.4, -0.2) is 11.2 Å². The summed E-state index contributed by atoms with van der Waals surface area (Å²) in [7, 11) is 0. The fourth-order valence-electron chi connectivity index (χ4n) is 2.08. The van der Waals surface area contributed by atoms with Gasteiger partial charge in [0.25, 0.3) is 5.24 Å². The molecule has 4 heteroatoms. The van der Waals surface area contributed by atoms with Crippen LogP contribution in [-0.2, 0) is 11.3 Å². The fourth-order valence-corrected chi connectivity index (χ4v) is 2.28. The number of hydrogen-bond donors (Lipinski definition) is 0. The molecule has 0 unspecified atom stereocenters. The first-order valence-corrected chi connectivity index (χ1v) is 6.89. The van der Waals surface area contributed by atoms with Crippen molar-refractivity contribution >= 4 is 22.8 Å². The molecule has 0 heterocycles. The summed E-state index contributed by atoms with van der Waals surface area (Å²) in [5.41, 5.74) is 3.34. The second-order valence-corrected chi connectivity index (χ2v) is 5.10. The number of halogens is 1. The lowest BCUT2D eigenvalue weighted by molar-refractivity contribution is 0.0471. The molecule has 108 valence electrons. The molecule has 3 nitrogen and oxygen atoms in total. The van der Waals surface area contributed by atoms with Gasteiger partial charge < -0.3 is 4.74 Å². The molecule has 0 N–H and O–H groups in total. The van der Waals surface area contributed by atoms with E-state index in [0.717, 1.165) is 16.7 Å². The third-order valence-corrected chi connectivity index (χ3v) is 3.59. The van der Waals surface area contributed by atoms with E-state index in [9.17, 15) is 9.59 Å². The van der Waals surface area contributed by atoms with E-state index in [2.05, 4.69) is 0 Å². The van der Waals surface area contributed by atoms with E-state index >= 15 is 0 Å². The zero-order valence-corrected chi connectivity index (χ0v) is 12.6. The highest BCUT2D eigenvalue weighted by Gasteiger charge is 2.13. The normalized spacial score (nSPS) is 10.2. The van der Waals surface area contributed by atoms with Crippen molar-refractivity contribution in [2.75, 3.05) is 0 Å². The van der Waals surface area contributed by atoms with Crippen molar-refractivity contribution in [2.45, 2.75) is 20.5 Å². The van der Waals surface area contributed by atoms with Gasteiger partial charge in [0.05, 0.1) is 5.56 Å². The monoisotopic (exact) mass is 302 g/mol. The quantitative estimate of drug-likeness (QED) is 0.632. The lowest BCUT2D eigenvalue weighted by atomic mass is 10.0. The van der Waals surface area contributed by atoms with Crippen molar-refractivity contribution < 1.29 is 14.3 Å². The molecule has 2 aromatic rings. The molecule has 0 aliphatic carbocycles. The predicted octanol–water partition coefficient (Wildman–Crippen LogP) is 4.04. The molecule has 0 saturated carbocycles. The topological polar surface area (TPSA) is 43.4 Å².